The fourth-order valence-electron chi connectivity index (χ4n) is 2.04. The van der Waals surface area contributed by atoms with E-state index in [9.17, 15) is 4.79 Å². The molecule has 0 saturated carbocycles. The maximum absolute atomic E-state index is 12.4. The van der Waals surface area contributed by atoms with Gasteiger partial charge in [-0.25, -0.2) is 4.98 Å². The van der Waals surface area contributed by atoms with Crippen molar-refractivity contribution >= 4 is 11.7 Å². The van der Waals surface area contributed by atoms with Crippen LogP contribution >= 0.6 is 0 Å². The number of anilines is 1. The Kier molecular flexibility index (Phi) is 5.09. The number of rotatable bonds is 5. The van der Waals surface area contributed by atoms with Crippen molar-refractivity contribution in [2.24, 2.45) is 0 Å². The highest BCUT2D eigenvalue weighted by Crippen LogP contribution is 2.13. The van der Waals surface area contributed by atoms with E-state index in [2.05, 4.69) is 9.88 Å². The van der Waals surface area contributed by atoms with Crippen LogP contribution in [0.3, 0.4) is 0 Å². The van der Waals surface area contributed by atoms with E-state index >= 15 is 0 Å². The van der Waals surface area contributed by atoms with Gasteiger partial charge in [-0.3, -0.25) is 4.79 Å². The third-order valence-electron chi connectivity index (χ3n) is 2.83. The smallest absolute Gasteiger partial charge is 0.257 e. The number of nitrogens with zero attached hydrogens (tertiary/aromatic N) is 3. The summed E-state index contributed by atoms with van der Waals surface area (Å²) in [6.45, 7) is 5.48. The first-order chi connectivity index (χ1) is 8.47. The minimum Gasteiger partial charge on any atom is -0.383 e. The lowest BCUT2D eigenvalue weighted by molar-refractivity contribution is 0.0680. The molecule has 0 aliphatic heterocycles. The molecule has 1 amide bonds. The van der Waals surface area contributed by atoms with Crippen molar-refractivity contribution in [1.82, 2.24) is 14.8 Å². The number of carbonyl (C=O) groups is 1. The average Bonchev–Trinajstić information content (AvgIpc) is 2.29. The molecule has 1 atom stereocenters. The lowest BCUT2D eigenvalue weighted by atomic mass is 10.2. The number of pyridine rings is 1. The van der Waals surface area contributed by atoms with Crippen LogP contribution in [0.5, 0.6) is 0 Å². The second-order valence-corrected chi connectivity index (χ2v) is 4.64. The zero-order valence-corrected chi connectivity index (χ0v) is 11.6. The van der Waals surface area contributed by atoms with Crippen LogP contribution < -0.4 is 5.73 Å². The van der Waals surface area contributed by atoms with Crippen LogP contribution in [0.4, 0.5) is 5.82 Å². The number of nitrogen functional groups attached to an aromatic ring is 1. The largest absolute Gasteiger partial charge is 0.383 e. The summed E-state index contributed by atoms with van der Waals surface area (Å²) in [7, 11) is 3.99. The Balaban J connectivity index is 2.89. The Hall–Kier alpha value is -1.62. The van der Waals surface area contributed by atoms with Crippen molar-refractivity contribution in [2.75, 3.05) is 32.9 Å². The Morgan fingerprint density at radius 2 is 2.17 bits per heavy atom. The number of hydrogen-bond donors (Lipinski definition) is 1. The Morgan fingerprint density at radius 3 is 2.67 bits per heavy atom. The van der Waals surface area contributed by atoms with Gasteiger partial charge in [0.1, 0.15) is 5.82 Å². The van der Waals surface area contributed by atoms with Gasteiger partial charge < -0.3 is 15.5 Å². The zero-order chi connectivity index (χ0) is 13.7. The molecule has 0 aromatic carbocycles. The Morgan fingerprint density at radius 1 is 1.50 bits per heavy atom. The summed E-state index contributed by atoms with van der Waals surface area (Å²) in [6.07, 6.45) is 1.59. The summed E-state index contributed by atoms with van der Waals surface area (Å²) >= 11 is 0. The summed E-state index contributed by atoms with van der Waals surface area (Å²) in [5, 5.41) is 0. The molecule has 1 aromatic heterocycles. The molecule has 0 aliphatic carbocycles. The van der Waals surface area contributed by atoms with E-state index in [-0.39, 0.29) is 17.8 Å². The molecule has 5 nitrogen and oxygen atoms in total. The molecule has 5 heteroatoms. The quantitative estimate of drug-likeness (QED) is 0.849. The number of nitrogens with two attached hydrogens (primary N) is 1. The lowest BCUT2D eigenvalue weighted by Gasteiger charge is -2.30. The van der Waals surface area contributed by atoms with Gasteiger partial charge in [0, 0.05) is 25.3 Å². The topological polar surface area (TPSA) is 62.5 Å². The van der Waals surface area contributed by atoms with Gasteiger partial charge >= 0.3 is 0 Å². The van der Waals surface area contributed by atoms with Crippen molar-refractivity contribution in [2.45, 2.75) is 19.9 Å². The molecule has 1 aromatic rings. The van der Waals surface area contributed by atoms with Gasteiger partial charge in [0.2, 0.25) is 0 Å². The third-order valence-corrected chi connectivity index (χ3v) is 2.83. The highest BCUT2D eigenvalue weighted by molar-refractivity contribution is 5.98. The molecule has 0 radical (unpaired) electrons. The molecule has 18 heavy (non-hydrogen) atoms. The van der Waals surface area contributed by atoms with Crippen molar-refractivity contribution in [1.29, 1.82) is 0 Å². The molecule has 0 spiro atoms. The van der Waals surface area contributed by atoms with Crippen LogP contribution in [0.25, 0.3) is 0 Å². The van der Waals surface area contributed by atoms with E-state index in [1.807, 2.05) is 32.8 Å². The van der Waals surface area contributed by atoms with Crippen molar-refractivity contribution in [3.05, 3.63) is 23.9 Å². The normalized spacial score (nSPS) is 12.5. The predicted octanol–water partition coefficient (Wildman–Crippen LogP) is 1.08. The molecule has 0 fully saturated rings. The highest BCUT2D eigenvalue weighted by atomic mass is 16.2. The summed E-state index contributed by atoms with van der Waals surface area (Å²) in [5.41, 5.74) is 6.22. The van der Waals surface area contributed by atoms with E-state index in [1.165, 1.54) is 0 Å². The highest BCUT2D eigenvalue weighted by Gasteiger charge is 2.22. The average molecular weight is 250 g/mol. The zero-order valence-electron chi connectivity index (χ0n) is 11.6. The molecule has 100 valence electrons. The number of amides is 1. The van der Waals surface area contributed by atoms with Gasteiger partial charge in [0.25, 0.3) is 5.91 Å². The maximum Gasteiger partial charge on any atom is 0.257 e. The fourth-order valence-corrected chi connectivity index (χ4v) is 2.04. The van der Waals surface area contributed by atoms with Crippen LogP contribution in [-0.2, 0) is 0 Å². The SMILES string of the molecule is CCN(C(=O)c1cccnc1N)C(C)CN(C)C. The summed E-state index contributed by atoms with van der Waals surface area (Å²) in [5.74, 6) is 0.232. The predicted molar refractivity (Wildman–Crippen MR) is 73.4 cm³/mol. The first-order valence-corrected chi connectivity index (χ1v) is 6.13. The minimum absolute atomic E-state index is 0.0579. The van der Waals surface area contributed by atoms with E-state index in [1.54, 1.807) is 18.3 Å². The van der Waals surface area contributed by atoms with E-state index in [4.69, 9.17) is 5.73 Å². The summed E-state index contributed by atoms with van der Waals surface area (Å²) in [4.78, 5) is 20.2. The molecule has 1 unspecified atom stereocenters. The second kappa shape index (κ2) is 6.35. The molecule has 0 aliphatic rings. The number of aromatic nitrogens is 1. The molecular weight excluding hydrogens is 228 g/mol. The third kappa shape index (κ3) is 3.43. The monoisotopic (exact) mass is 250 g/mol. The van der Waals surface area contributed by atoms with E-state index in [0.29, 0.717) is 12.1 Å². The van der Waals surface area contributed by atoms with Crippen LogP contribution in [0, 0.1) is 0 Å². The lowest BCUT2D eigenvalue weighted by Crippen LogP contribution is -2.44. The molecule has 2 N–H and O–H groups in total. The first-order valence-electron chi connectivity index (χ1n) is 6.13. The first kappa shape index (κ1) is 14.4. The standard InChI is InChI=1S/C13H22N4O/c1-5-17(10(2)9-16(3)4)13(18)11-7-6-8-15-12(11)14/h6-8,10H,5,9H2,1-4H3,(H2,14,15). The fraction of sp³-hybridized carbons (Fsp3) is 0.538. The maximum atomic E-state index is 12.4. The van der Waals surface area contributed by atoms with Crippen molar-refractivity contribution < 1.29 is 4.79 Å². The Labute approximate surface area is 109 Å². The molecule has 1 heterocycles. The van der Waals surface area contributed by atoms with Crippen LogP contribution in [0.15, 0.2) is 18.3 Å². The molecule has 1 rings (SSSR count). The van der Waals surface area contributed by atoms with Gasteiger partial charge in [-0.05, 0) is 40.1 Å². The van der Waals surface area contributed by atoms with Gasteiger partial charge in [0.15, 0.2) is 0 Å². The summed E-state index contributed by atoms with van der Waals surface area (Å²) in [6, 6.07) is 3.58. The number of likely N-dealkylation sites (N-methyl/N-ethyl adjacent to an activating group) is 2. The van der Waals surface area contributed by atoms with Crippen molar-refractivity contribution in [3.63, 3.8) is 0 Å². The molecule has 0 saturated heterocycles. The number of carbonyl (C=O) groups excluding carboxylic acids is 1. The van der Waals surface area contributed by atoms with Gasteiger partial charge in [0.05, 0.1) is 5.56 Å². The van der Waals surface area contributed by atoms with Crippen LogP contribution in [0.1, 0.15) is 24.2 Å². The Bertz CT molecular complexity index is 406. The number of hydrogen-bond acceptors (Lipinski definition) is 4. The minimum atomic E-state index is -0.0579. The van der Waals surface area contributed by atoms with Crippen molar-refractivity contribution in [3.8, 4) is 0 Å². The van der Waals surface area contributed by atoms with Crippen LogP contribution in [-0.4, -0.2) is 53.9 Å². The van der Waals surface area contributed by atoms with E-state index < -0.39 is 0 Å². The van der Waals surface area contributed by atoms with Gasteiger partial charge in [-0.1, -0.05) is 0 Å². The molecule has 0 bridgehead atoms. The van der Waals surface area contributed by atoms with Gasteiger partial charge in [-0.15, -0.1) is 0 Å². The summed E-state index contributed by atoms with van der Waals surface area (Å²) < 4.78 is 0. The van der Waals surface area contributed by atoms with Crippen LogP contribution in [0.2, 0.25) is 0 Å². The second-order valence-electron chi connectivity index (χ2n) is 4.64. The molecular formula is C13H22N4O. The van der Waals surface area contributed by atoms with Gasteiger partial charge in [-0.2, -0.15) is 0 Å². The van der Waals surface area contributed by atoms with E-state index in [0.717, 1.165) is 6.54 Å².